The Hall–Kier alpha value is -2.20. The molecule has 0 saturated heterocycles. The van der Waals surface area contributed by atoms with Gasteiger partial charge in [-0.1, -0.05) is 62.4 Å². The number of hydrogen-bond acceptors (Lipinski definition) is 3. The van der Waals surface area contributed by atoms with Crippen LogP contribution in [-0.4, -0.2) is 19.9 Å². The Balaban J connectivity index is 1.90. The Kier molecular flexibility index (Phi) is 5.02. The molecule has 1 aliphatic rings. The predicted octanol–water partition coefficient (Wildman–Crippen LogP) is 4.73. The van der Waals surface area contributed by atoms with Crippen LogP contribution in [0, 0.1) is 5.92 Å². The normalized spacial score (nSPS) is 15.6. The minimum atomic E-state index is 0.0204. The van der Waals surface area contributed by atoms with E-state index in [2.05, 4.69) is 24.2 Å². The molecule has 3 aromatic rings. The first-order chi connectivity index (χ1) is 12.8. The van der Waals surface area contributed by atoms with Crippen molar-refractivity contribution in [2.24, 2.45) is 5.92 Å². The molecule has 2 heterocycles. The molecule has 1 fully saturated rings. The van der Waals surface area contributed by atoms with E-state index in [0.717, 1.165) is 40.8 Å². The van der Waals surface area contributed by atoms with Gasteiger partial charge in [0.15, 0.2) is 5.65 Å². The summed E-state index contributed by atoms with van der Waals surface area (Å²) in [5, 5.41) is 15.9. The molecule has 1 aromatic carbocycles. The fourth-order valence-electron chi connectivity index (χ4n) is 4.34. The number of fused-ring (bicyclic) bond motifs is 1. The lowest BCUT2D eigenvalue weighted by Gasteiger charge is -2.23. The molecule has 0 spiro atoms. The van der Waals surface area contributed by atoms with E-state index in [9.17, 15) is 5.11 Å². The second kappa shape index (κ2) is 7.58. The molecular formula is C22H27N3O. The van der Waals surface area contributed by atoms with Crippen LogP contribution in [0.2, 0.25) is 0 Å². The summed E-state index contributed by atoms with van der Waals surface area (Å²) in [5.74, 6) is 0.702. The number of aliphatic hydroxyl groups excluding tert-OH is 1. The Morgan fingerprint density at radius 1 is 1.08 bits per heavy atom. The molecule has 2 aromatic heterocycles. The summed E-state index contributed by atoms with van der Waals surface area (Å²) < 4.78 is 1.97. The van der Waals surface area contributed by atoms with Crippen LogP contribution in [0.3, 0.4) is 0 Å². The number of aryl methyl sites for hydroxylation is 1. The van der Waals surface area contributed by atoms with Crippen molar-refractivity contribution in [3.8, 4) is 11.3 Å². The largest absolute Gasteiger partial charge is 0.392 e. The Labute approximate surface area is 154 Å². The highest BCUT2D eigenvalue weighted by atomic mass is 16.3. The molecule has 26 heavy (non-hydrogen) atoms. The third-order valence-electron chi connectivity index (χ3n) is 5.73. The van der Waals surface area contributed by atoms with Crippen LogP contribution in [0.5, 0.6) is 0 Å². The van der Waals surface area contributed by atoms with Crippen molar-refractivity contribution in [1.29, 1.82) is 0 Å². The number of nitrogens with zero attached hydrogens (tertiary/aromatic N) is 3. The van der Waals surface area contributed by atoms with E-state index in [-0.39, 0.29) is 6.61 Å². The molecule has 0 unspecified atom stereocenters. The van der Waals surface area contributed by atoms with Crippen molar-refractivity contribution in [1.82, 2.24) is 14.8 Å². The minimum absolute atomic E-state index is 0.0204. The topological polar surface area (TPSA) is 50.9 Å². The molecule has 0 amide bonds. The number of benzene rings is 1. The summed E-state index contributed by atoms with van der Waals surface area (Å²) in [4.78, 5) is 4.94. The zero-order chi connectivity index (χ0) is 17.9. The molecule has 1 aliphatic carbocycles. The van der Waals surface area contributed by atoms with Crippen LogP contribution in [0.25, 0.3) is 22.3 Å². The maximum Gasteiger partial charge on any atom is 0.158 e. The summed E-state index contributed by atoms with van der Waals surface area (Å²) in [6.45, 7) is 2.91. The number of aliphatic hydroxyl groups is 1. The second-order valence-electron chi connectivity index (χ2n) is 7.35. The van der Waals surface area contributed by atoms with Crippen molar-refractivity contribution in [2.45, 2.75) is 58.6 Å². The molecule has 4 heteroatoms. The van der Waals surface area contributed by atoms with Crippen molar-refractivity contribution in [3.05, 3.63) is 47.7 Å². The number of pyridine rings is 1. The first-order valence-electron chi connectivity index (χ1n) is 9.85. The van der Waals surface area contributed by atoms with E-state index in [0.29, 0.717) is 5.92 Å². The highest BCUT2D eigenvalue weighted by Gasteiger charge is 2.22. The first-order valence-corrected chi connectivity index (χ1v) is 9.85. The van der Waals surface area contributed by atoms with Crippen molar-refractivity contribution in [3.63, 3.8) is 0 Å². The highest BCUT2D eigenvalue weighted by molar-refractivity contribution is 5.85. The lowest BCUT2D eigenvalue weighted by molar-refractivity contribution is 0.279. The quantitative estimate of drug-likeness (QED) is 0.724. The summed E-state index contributed by atoms with van der Waals surface area (Å²) in [6.07, 6.45) is 9.55. The van der Waals surface area contributed by atoms with Crippen LogP contribution in [0.1, 0.15) is 50.2 Å². The van der Waals surface area contributed by atoms with E-state index in [1.807, 2.05) is 29.1 Å². The standard InChI is InChI=1S/C22H27N3O/c1-2-25-22-19(14-23-25)18(13-16-9-5-3-6-10-16)20(15-26)21(24-22)17-11-7-4-8-12-17/h4,7-8,11-12,14,16,26H,2-3,5-6,9-10,13,15H2,1H3. The monoisotopic (exact) mass is 349 g/mol. The van der Waals surface area contributed by atoms with E-state index < -0.39 is 0 Å². The van der Waals surface area contributed by atoms with Crippen LogP contribution >= 0.6 is 0 Å². The van der Waals surface area contributed by atoms with E-state index in [4.69, 9.17) is 4.98 Å². The SMILES string of the molecule is CCn1ncc2c(CC3CCCCC3)c(CO)c(-c3ccccc3)nc21. The van der Waals surface area contributed by atoms with Gasteiger partial charge in [-0.15, -0.1) is 0 Å². The van der Waals surface area contributed by atoms with Gasteiger partial charge in [0.1, 0.15) is 0 Å². The fourth-order valence-corrected chi connectivity index (χ4v) is 4.34. The van der Waals surface area contributed by atoms with Gasteiger partial charge in [-0.05, 0) is 24.8 Å². The molecule has 1 N–H and O–H groups in total. The summed E-state index contributed by atoms with van der Waals surface area (Å²) in [6, 6.07) is 10.2. The Bertz CT molecular complexity index is 879. The van der Waals surface area contributed by atoms with Crippen LogP contribution in [0.4, 0.5) is 0 Å². The summed E-state index contributed by atoms with van der Waals surface area (Å²) in [7, 11) is 0. The molecule has 136 valence electrons. The fraction of sp³-hybridized carbons (Fsp3) is 0.455. The zero-order valence-electron chi connectivity index (χ0n) is 15.5. The lowest BCUT2D eigenvalue weighted by atomic mass is 9.83. The average molecular weight is 349 g/mol. The summed E-state index contributed by atoms with van der Waals surface area (Å²) in [5.41, 5.74) is 5.14. The number of hydrogen-bond donors (Lipinski definition) is 1. The average Bonchev–Trinajstić information content (AvgIpc) is 3.12. The van der Waals surface area contributed by atoms with Crippen LogP contribution in [0.15, 0.2) is 36.5 Å². The van der Waals surface area contributed by atoms with Gasteiger partial charge in [0, 0.05) is 23.1 Å². The third-order valence-corrected chi connectivity index (χ3v) is 5.73. The van der Waals surface area contributed by atoms with Crippen LogP contribution < -0.4 is 0 Å². The molecule has 1 saturated carbocycles. The molecule has 0 bridgehead atoms. The van der Waals surface area contributed by atoms with E-state index in [1.165, 1.54) is 37.7 Å². The molecule has 4 nitrogen and oxygen atoms in total. The number of rotatable bonds is 5. The van der Waals surface area contributed by atoms with Crippen molar-refractivity contribution >= 4 is 11.0 Å². The van der Waals surface area contributed by atoms with Crippen molar-refractivity contribution < 1.29 is 5.11 Å². The van der Waals surface area contributed by atoms with Gasteiger partial charge in [-0.2, -0.15) is 5.10 Å². The van der Waals surface area contributed by atoms with Gasteiger partial charge in [0.25, 0.3) is 0 Å². The molecular weight excluding hydrogens is 322 g/mol. The first kappa shape index (κ1) is 17.2. The second-order valence-corrected chi connectivity index (χ2v) is 7.35. The lowest BCUT2D eigenvalue weighted by Crippen LogP contribution is -2.12. The zero-order valence-corrected chi connectivity index (χ0v) is 15.5. The van der Waals surface area contributed by atoms with Gasteiger partial charge in [-0.25, -0.2) is 9.67 Å². The van der Waals surface area contributed by atoms with E-state index >= 15 is 0 Å². The third kappa shape index (κ3) is 3.14. The Morgan fingerprint density at radius 2 is 1.85 bits per heavy atom. The number of aromatic nitrogens is 3. The summed E-state index contributed by atoms with van der Waals surface area (Å²) >= 11 is 0. The van der Waals surface area contributed by atoms with E-state index in [1.54, 1.807) is 0 Å². The van der Waals surface area contributed by atoms with Crippen LogP contribution in [-0.2, 0) is 19.6 Å². The maximum absolute atomic E-state index is 10.2. The minimum Gasteiger partial charge on any atom is -0.392 e. The highest BCUT2D eigenvalue weighted by Crippen LogP contribution is 2.35. The van der Waals surface area contributed by atoms with Gasteiger partial charge >= 0.3 is 0 Å². The smallest absolute Gasteiger partial charge is 0.158 e. The molecule has 0 atom stereocenters. The maximum atomic E-state index is 10.2. The van der Waals surface area contributed by atoms with Gasteiger partial charge in [0.2, 0.25) is 0 Å². The van der Waals surface area contributed by atoms with Crippen molar-refractivity contribution in [2.75, 3.05) is 0 Å². The van der Waals surface area contributed by atoms with Gasteiger partial charge in [-0.3, -0.25) is 0 Å². The Morgan fingerprint density at radius 3 is 2.54 bits per heavy atom. The van der Waals surface area contributed by atoms with Gasteiger partial charge < -0.3 is 5.11 Å². The molecule has 0 aliphatic heterocycles. The molecule has 0 radical (unpaired) electrons. The van der Waals surface area contributed by atoms with Gasteiger partial charge in [0.05, 0.1) is 18.5 Å². The predicted molar refractivity (Wildman–Crippen MR) is 105 cm³/mol. The molecule has 4 rings (SSSR count).